The van der Waals surface area contributed by atoms with Crippen LogP contribution in [0.4, 0.5) is 14.6 Å². The van der Waals surface area contributed by atoms with Gasteiger partial charge in [-0.2, -0.15) is 9.61 Å². The van der Waals surface area contributed by atoms with Gasteiger partial charge >= 0.3 is 0 Å². The lowest BCUT2D eigenvalue weighted by Gasteiger charge is -2.36. The van der Waals surface area contributed by atoms with Gasteiger partial charge in [0.2, 0.25) is 0 Å². The zero-order chi connectivity index (χ0) is 25.7. The van der Waals surface area contributed by atoms with Gasteiger partial charge in [0.1, 0.15) is 23.1 Å². The van der Waals surface area contributed by atoms with Crippen molar-refractivity contribution in [1.29, 1.82) is 0 Å². The Labute approximate surface area is 211 Å². The smallest absolute Gasteiger partial charge is 0.267 e. The molecule has 2 N–H and O–H groups in total. The number of hydrogen-bond acceptors (Lipinski definition) is 7. The first-order chi connectivity index (χ1) is 17.9. The first-order valence-electron chi connectivity index (χ1n) is 12.2. The molecule has 37 heavy (non-hydrogen) atoms. The molecule has 0 aromatic carbocycles. The number of aromatic nitrogens is 5. The standard InChI is InChI=1S/C25H27F2N7O3/c1-28-21-10-17(31-23-15(11-30-34(21)23)24(35)32-20-5-7-25(20,26)27)16-12-33(22-14(16)4-3-8-29-22)18-6-9-37-13-19(18)36-2/h3-4,8,10-12,18-20,28H,5-7,9,13H2,1-2H3,(H,32,35)/t18-,19+,20+/m0/s1. The van der Waals surface area contributed by atoms with Crippen LogP contribution < -0.4 is 10.6 Å². The van der Waals surface area contributed by atoms with Crippen LogP contribution in [0.1, 0.15) is 35.7 Å². The van der Waals surface area contributed by atoms with Crippen LogP contribution in [0.5, 0.6) is 0 Å². The van der Waals surface area contributed by atoms with Crippen LogP contribution in [0.25, 0.3) is 27.9 Å². The molecule has 2 aliphatic rings. The predicted molar refractivity (Wildman–Crippen MR) is 132 cm³/mol. The molecular formula is C25H27F2N7O3. The molecule has 1 amide bonds. The molecule has 12 heteroatoms. The molecule has 4 aromatic rings. The number of carbonyl (C=O) groups is 1. The molecule has 0 bridgehead atoms. The second-order valence-corrected chi connectivity index (χ2v) is 9.43. The highest BCUT2D eigenvalue weighted by atomic mass is 19.3. The lowest BCUT2D eigenvalue weighted by Crippen LogP contribution is -2.55. The number of nitrogens with zero attached hydrogens (tertiary/aromatic N) is 5. The number of anilines is 1. The number of nitrogens with one attached hydrogen (secondary N) is 2. The van der Waals surface area contributed by atoms with Crippen LogP contribution in [0.15, 0.2) is 36.8 Å². The van der Waals surface area contributed by atoms with Gasteiger partial charge in [-0.15, -0.1) is 0 Å². The number of halogens is 2. The van der Waals surface area contributed by atoms with E-state index in [9.17, 15) is 13.6 Å². The van der Waals surface area contributed by atoms with Crippen LogP contribution >= 0.6 is 0 Å². The van der Waals surface area contributed by atoms with Gasteiger partial charge in [-0.05, 0) is 25.0 Å². The fourth-order valence-corrected chi connectivity index (χ4v) is 5.14. The molecule has 1 aliphatic carbocycles. The molecule has 1 saturated heterocycles. The van der Waals surface area contributed by atoms with E-state index in [0.717, 1.165) is 23.0 Å². The minimum atomic E-state index is -2.90. The van der Waals surface area contributed by atoms with Gasteiger partial charge in [0.15, 0.2) is 5.65 Å². The predicted octanol–water partition coefficient (Wildman–Crippen LogP) is 3.29. The number of pyridine rings is 1. The van der Waals surface area contributed by atoms with E-state index in [4.69, 9.17) is 14.5 Å². The third-order valence-corrected chi connectivity index (χ3v) is 7.35. The molecule has 2 fully saturated rings. The summed E-state index contributed by atoms with van der Waals surface area (Å²) in [5, 5.41) is 10.7. The quantitative estimate of drug-likeness (QED) is 0.409. The number of carbonyl (C=O) groups excluding carboxylic acids is 1. The maximum Gasteiger partial charge on any atom is 0.267 e. The summed E-state index contributed by atoms with van der Waals surface area (Å²) in [6.07, 6.45) is 5.75. The summed E-state index contributed by atoms with van der Waals surface area (Å²) in [6, 6.07) is 4.52. The Morgan fingerprint density at radius 3 is 2.89 bits per heavy atom. The van der Waals surface area contributed by atoms with E-state index in [1.165, 1.54) is 10.7 Å². The van der Waals surface area contributed by atoms with Gasteiger partial charge < -0.3 is 24.7 Å². The van der Waals surface area contributed by atoms with E-state index in [-0.39, 0.29) is 36.2 Å². The second-order valence-electron chi connectivity index (χ2n) is 9.43. The fourth-order valence-electron chi connectivity index (χ4n) is 5.14. The summed E-state index contributed by atoms with van der Waals surface area (Å²) < 4.78 is 42.5. The highest BCUT2D eigenvalue weighted by molar-refractivity contribution is 6.01. The van der Waals surface area contributed by atoms with E-state index in [0.29, 0.717) is 24.7 Å². The van der Waals surface area contributed by atoms with Crippen molar-refractivity contribution in [3.8, 4) is 11.3 Å². The molecule has 4 aromatic heterocycles. The van der Waals surface area contributed by atoms with E-state index in [2.05, 4.69) is 25.3 Å². The van der Waals surface area contributed by atoms with Crippen LogP contribution in [-0.4, -0.2) is 75.5 Å². The van der Waals surface area contributed by atoms with Crippen molar-refractivity contribution in [2.24, 2.45) is 0 Å². The Morgan fingerprint density at radius 2 is 2.16 bits per heavy atom. The Bertz CT molecular complexity index is 1480. The van der Waals surface area contributed by atoms with Gasteiger partial charge in [0, 0.05) is 56.6 Å². The SMILES string of the molecule is CNc1cc(-c2cn([C@H]3CCOC[C@H]3OC)c3ncccc23)nc2c(C(=O)N[C@@H]3CCC3(F)F)cnn12. The molecule has 1 aliphatic heterocycles. The number of rotatable bonds is 6. The van der Waals surface area contributed by atoms with Crippen LogP contribution in [0.3, 0.4) is 0 Å². The number of ether oxygens (including phenoxy) is 2. The van der Waals surface area contributed by atoms with Gasteiger partial charge in [-0.25, -0.2) is 18.7 Å². The zero-order valence-corrected chi connectivity index (χ0v) is 20.4. The van der Waals surface area contributed by atoms with Crippen LogP contribution in [0, 0.1) is 0 Å². The maximum atomic E-state index is 13.8. The molecule has 3 atom stereocenters. The van der Waals surface area contributed by atoms with Crippen molar-refractivity contribution in [3.05, 3.63) is 42.4 Å². The van der Waals surface area contributed by atoms with Gasteiger partial charge in [-0.3, -0.25) is 4.79 Å². The minimum Gasteiger partial charge on any atom is -0.379 e. The minimum absolute atomic E-state index is 0.0258. The summed E-state index contributed by atoms with van der Waals surface area (Å²) >= 11 is 0. The molecule has 0 spiro atoms. The van der Waals surface area contributed by atoms with Crippen molar-refractivity contribution in [2.45, 2.75) is 43.4 Å². The van der Waals surface area contributed by atoms with Crippen molar-refractivity contribution in [2.75, 3.05) is 32.7 Å². The summed E-state index contributed by atoms with van der Waals surface area (Å²) in [7, 11) is 3.41. The largest absolute Gasteiger partial charge is 0.379 e. The molecule has 194 valence electrons. The molecule has 6 rings (SSSR count). The molecule has 5 heterocycles. The summed E-state index contributed by atoms with van der Waals surface area (Å²) in [5.74, 6) is -2.93. The summed E-state index contributed by atoms with van der Waals surface area (Å²) in [4.78, 5) is 22.4. The molecular weight excluding hydrogens is 484 g/mol. The highest BCUT2D eigenvalue weighted by Crippen LogP contribution is 2.38. The van der Waals surface area contributed by atoms with Gasteiger partial charge in [0.25, 0.3) is 11.8 Å². The monoisotopic (exact) mass is 511 g/mol. The fraction of sp³-hybridized carbons (Fsp3) is 0.440. The molecule has 0 unspecified atom stereocenters. The number of hydrogen-bond donors (Lipinski definition) is 2. The average molecular weight is 512 g/mol. The number of amides is 1. The third-order valence-electron chi connectivity index (χ3n) is 7.35. The first kappa shape index (κ1) is 23.7. The lowest BCUT2D eigenvalue weighted by atomic mass is 9.88. The van der Waals surface area contributed by atoms with E-state index in [1.807, 2.05) is 24.4 Å². The molecule has 0 radical (unpaired) electrons. The van der Waals surface area contributed by atoms with Crippen molar-refractivity contribution < 1.29 is 23.0 Å². The first-order valence-corrected chi connectivity index (χ1v) is 12.2. The van der Waals surface area contributed by atoms with Crippen molar-refractivity contribution >= 4 is 28.4 Å². The van der Waals surface area contributed by atoms with E-state index < -0.39 is 17.9 Å². The Kier molecular flexibility index (Phi) is 5.80. The topological polar surface area (TPSA) is 108 Å². The van der Waals surface area contributed by atoms with Crippen molar-refractivity contribution in [3.63, 3.8) is 0 Å². The Balaban J connectivity index is 1.46. The van der Waals surface area contributed by atoms with Crippen molar-refractivity contribution in [1.82, 2.24) is 29.5 Å². The van der Waals surface area contributed by atoms with E-state index in [1.54, 1.807) is 20.4 Å². The Hall–Kier alpha value is -3.64. The van der Waals surface area contributed by atoms with Crippen LogP contribution in [0.2, 0.25) is 0 Å². The number of methoxy groups -OCH3 is 1. The van der Waals surface area contributed by atoms with Gasteiger partial charge in [0.05, 0.1) is 30.6 Å². The lowest BCUT2D eigenvalue weighted by molar-refractivity contribution is -0.102. The third kappa shape index (κ3) is 3.91. The second kappa shape index (κ2) is 9.03. The number of fused-ring (bicyclic) bond motifs is 2. The summed E-state index contributed by atoms with van der Waals surface area (Å²) in [6.45, 7) is 1.11. The number of alkyl halides is 2. The average Bonchev–Trinajstić information content (AvgIpc) is 3.52. The van der Waals surface area contributed by atoms with Crippen LogP contribution in [-0.2, 0) is 9.47 Å². The summed E-state index contributed by atoms with van der Waals surface area (Å²) in [5.41, 5.74) is 2.61. The normalized spacial score (nSPS) is 23.2. The highest BCUT2D eigenvalue weighted by Gasteiger charge is 2.49. The van der Waals surface area contributed by atoms with Gasteiger partial charge in [-0.1, -0.05) is 0 Å². The Morgan fingerprint density at radius 1 is 1.30 bits per heavy atom. The zero-order valence-electron chi connectivity index (χ0n) is 20.4. The molecule has 1 saturated carbocycles. The maximum absolute atomic E-state index is 13.8. The van der Waals surface area contributed by atoms with E-state index >= 15 is 0 Å². The molecule has 10 nitrogen and oxygen atoms in total.